The second-order valence-corrected chi connectivity index (χ2v) is 18.9. The molecule has 3 aromatic heterocycles. The molecule has 366 valence electrons. The van der Waals surface area contributed by atoms with Crippen LogP contribution in [0.15, 0.2) is 231 Å². The summed E-state index contributed by atoms with van der Waals surface area (Å²) >= 11 is 0. The Labute approximate surface area is 446 Å². The summed E-state index contributed by atoms with van der Waals surface area (Å²) in [5.41, 5.74) is 14.3. The number of hydrogen-bond acceptors (Lipinski definition) is 11. The SMILES string of the molecule is Cc1ccc2c(c1)N(c1nc(-c3ccccc3)nc(-c3ccccc3)n1)c1cc(C)cc(C)c1N2c1ccc(-c2nc(-c3ccccc3)nc(-c3ccccc3)n2)cc1-c1nc(-c2ccccc2)nc(-c2ccccc2)n1. The lowest BCUT2D eigenvalue weighted by Crippen LogP contribution is -2.27. The lowest BCUT2D eigenvalue weighted by molar-refractivity contribution is 1.01. The maximum Gasteiger partial charge on any atom is 0.238 e. The summed E-state index contributed by atoms with van der Waals surface area (Å²) in [7, 11) is 0. The van der Waals surface area contributed by atoms with Crippen LogP contribution >= 0.6 is 0 Å². The van der Waals surface area contributed by atoms with Crippen molar-refractivity contribution in [1.82, 2.24) is 44.9 Å². The fraction of sp³-hybridized carbons (Fsp3) is 0.0455. The molecule has 0 bridgehead atoms. The van der Waals surface area contributed by atoms with E-state index in [1.54, 1.807) is 0 Å². The molecule has 0 unspecified atom stereocenters. The van der Waals surface area contributed by atoms with Crippen LogP contribution < -0.4 is 9.80 Å². The second-order valence-electron chi connectivity index (χ2n) is 18.9. The molecule has 0 spiro atoms. The Balaban J connectivity index is 1.08. The molecule has 12 aromatic rings. The van der Waals surface area contributed by atoms with E-state index in [9.17, 15) is 0 Å². The first-order valence-electron chi connectivity index (χ1n) is 25.5. The molecule has 1 aliphatic heterocycles. The van der Waals surface area contributed by atoms with Gasteiger partial charge >= 0.3 is 0 Å². The van der Waals surface area contributed by atoms with Crippen molar-refractivity contribution in [3.8, 4) is 91.1 Å². The maximum absolute atomic E-state index is 5.38. The minimum absolute atomic E-state index is 0.468. The summed E-state index contributed by atoms with van der Waals surface area (Å²) in [4.78, 5) is 51.6. The van der Waals surface area contributed by atoms with Crippen LogP contribution in [0.2, 0.25) is 0 Å². The van der Waals surface area contributed by atoms with Gasteiger partial charge in [-0.15, -0.1) is 0 Å². The Kier molecular flexibility index (Phi) is 11.9. The molecule has 0 amide bonds. The third-order valence-corrected chi connectivity index (χ3v) is 13.5. The Morgan fingerprint density at radius 3 is 1.01 bits per heavy atom. The van der Waals surface area contributed by atoms with Crippen molar-refractivity contribution >= 4 is 34.4 Å². The van der Waals surface area contributed by atoms with Crippen LogP contribution in [-0.2, 0) is 0 Å². The first-order chi connectivity index (χ1) is 37.9. The van der Waals surface area contributed by atoms with E-state index in [1.807, 2.05) is 182 Å². The predicted molar refractivity (Wildman–Crippen MR) is 307 cm³/mol. The summed E-state index contributed by atoms with van der Waals surface area (Å²) in [5.74, 6) is 4.78. The Morgan fingerprint density at radius 1 is 0.247 bits per heavy atom. The van der Waals surface area contributed by atoms with Gasteiger partial charge in [-0.1, -0.05) is 194 Å². The van der Waals surface area contributed by atoms with Gasteiger partial charge in [-0.2, -0.15) is 9.97 Å². The molecule has 0 atom stereocenters. The molecule has 9 aromatic carbocycles. The zero-order valence-electron chi connectivity index (χ0n) is 42.4. The average molecular weight is 994 g/mol. The maximum atomic E-state index is 5.38. The van der Waals surface area contributed by atoms with Gasteiger partial charge in [0.2, 0.25) is 5.95 Å². The molecule has 11 nitrogen and oxygen atoms in total. The van der Waals surface area contributed by atoms with Crippen molar-refractivity contribution in [2.75, 3.05) is 9.80 Å². The summed E-state index contributed by atoms with van der Waals surface area (Å²) in [6.45, 7) is 6.40. The van der Waals surface area contributed by atoms with Crippen molar-refractivity contribution in [3.63, 3.8) is 0 Å². The van der Waals surface area contributed by atoms with Crippen LogP contribution in [-0.4, -0.2) is 44.9 Å². The molecule has 0 saturated carbocycles. The zero-order chi connectivity index (χ0) is 51.8. The van der Waals surface area contributed by atoms with Crippen LogP contribution in [0.1, 0.15) is 16.7 Å². The third kappa shape index (κ3) is 9.01. The molecular weight excluding hydrogens is 947 g/mol. The molecule has 11 heteroatoms. The van der Waals surface area contributed by atoms with E-state index in [0.29, 0.717) is 52.5 Å². The molecule has 4 heterocycles. The Bertz CT molecular complexity index is 3950. The minimum atomic E-state index is 0.468. The van der Waals surface area contributed by atoms with Crippen molar-refractivity contribution in [2.45, 2.75) is 20.8 Å². The normalized spacial score (nSPS) is 11.8. The third-order valence-electron chi connectivity index (χ3n) is 13.5. The molecule has 0 saturated heterocycles. The largest absolute Gasteiger partial charge is 0.305 e. The number of benzene rings is 9. The van der Waals surface area contributed by atoms with E-state index in [4.69, 9.17) is 44.9 Å². The van der Waals surface area contributed by atoms with E-state index < -0.39 is 0 Å². The molecule has 0 fully saturated rings. The highest BCUT2D eigenvalue weighted by Crippen LogP contribution is 2.57. The van der Waals surface area contributed by atoms with Crippen molar-refractivity contribution < 1.29 is 0 Å². The molecule has 77 heavy (non-hydrogen) atoms. The first-order valence-corrected chi connectivity index (χ1v) is 25.5. The van der Waals surface area contributed by atoms with Gasteiger partial charge in [0.15, 0.2) is 46.6 Å². The van der Waals surface area contributed by atoms with Gasteiger partial charge < -0.3 is 4.90 Å². The summed E-state index contributed by atoms with van der Waals surface area (Å²) in [5, 5.41) is 0. The Morgan fingerprint density at radius 2 is 0.597 bits per heavy atom. The van der Waals surface area contributed by atoms with E-state index in [1.165, 1.54) is 0 Å². The van der Waals surface area contributed by atoms with Crippen molar-refractivity contribution in [1.29, 1.82) is 0 Å². The number of nitrogens with zero attached hydrogens (tertiary/aromatic N) is 11. The second kappa shape index (κ2) is 19.8. The number of aryl methyl sites for hydroxylation is 3. The van der Waals surface area contributed by atoms with Gasteiger partial charge in [0.1, 0.15) is 0 Å². The highest BCUT2D eigenvalue weighted by Gasteiger charge is 2.36. The van der Waals surface area contributed by atoms with Gasteiger partial charge in [0.25, 0.3) is 0 Å². The number of hydrogen-bond donors (Lipinski definition) is 0. The van der Waals surface area contributed by atoms with Gasteiger partial charge in [0, 0.05) is 44.5 Å². The number of rotatable bonds is 10. The highest BCUT2D eigenvalue weighted by atomic mass is 15.3. The molecule has 0 N–H and O–H groups in total. The van der Waals surface area contributed by atoms with Crippen LogP contribution in [0.3, 0.4) is 0 Å². The predicted octanol–water partition coefficient (Wildman–Crippen LogP) is 15.8. The first kappa shape index (κ1) is 46.4. The van der Waals surface area contributed by atoms with E-state index in [2.05, 4.69) is 79.1 Å². The number of aromatic nitrogens is 9. The fourth-order valence-electron chi connectivity index (χ4n) is 9.93. The Hall–Kier alpha value is -10.4. The van der Waals surface area contributed by atoms with E-state index in [-0.39, 0.29) is 0 Å². The van der Waals surface area contributed by atoms with Gasteiger partial charge in [0.05, 0.1) is 28.4 Å². The van der Waals surface area contributed by atoms with E-state index >= 15 is 0 Å². The smallest absolute Gasteiger partial charge is 0.238 e. The molecule has 0 aliphatic carbocycles. The zero-order valence-corrected chi connectivity index (χ0v) is 42.4. The molecule has 1 aliphatic rings. The summed E-state index contributed by atoms with van der Waals surface area (Å²) in [6.07, 6.45) is 0. The van der Waals surface area contributed by atoms with Crippen LogP contribution in [0, 0.1) is 20.8 Å². The standard InChI is InChI=1S/C66H47N11/c1-42-34-36-54-55(39-42)77(66-74-62(49-30-18-8-19-31-49)71-63(75-66)50-32-20-9-21-33-50)56-40-43(2)38-44(3)57(56)76(54)53-37-35-51(64-69-58(45-22-10-4-11-23-45)67-59(70-64)46-24-12-5-13-25-46)41-52(53)65-72-60(47-26-14-6-15-27-47)68-61(73-65)48-28-16-7-17-29-48/h4-41H,1-3H3. The molecular formula is C66H47N11. The summed E-state index contributed by atoms with van der Waals surface area (Å²) < 4.78 is 0. The lowest BCUT2D eigenvalue weighted by atomic mass is 9.97. The van der Waals surface area contributed by atoms with Crippen LogP contribution in [0.4, 0.5) is 34.4 Å². The minimum Gasteiger partial charge on any atom is -0.305 e. The summed E-state index contributed by atoms with van der Waals surface area (Å²) in [6, 6.07) is 77.6. The molecule has 0 radical (unpaired) electrons. The number of anilines is 6. The van der Waals surface area contributed by atoms with Gasteiger partial charge in [-0.05, 0) is 73.9 Å². The van der Waals surface area contributed by atoms with Gasteiger partial charge in [-0.3, -0.25) is 4.90 Å². The van der Waals surface area contributed by atoms with Crippen molar-refractivity contribution in [2.24, 2.45) is 0 Å². The molecule has 13 rings (SSSR count). The van der Waals surface area contributed by atoms with Crippen LogP contribution in [0.5, 0.6) is 0 Å². The van der Waals surface area contributed by atoms with Crippen molar-refractivity contribution in [3.05, 3.63) is 247 Å². The highest BCUT2D eigenvalue weighted by molar-refractivity contribution is 6.04. The monoisotopic (exact) mass is 993 g/mol. The van der Waals surface area contributed by atoms with Gasteiger partial charge in [-0.25, -0.2) is 34.9 Å². The topological polar surface area (TPSA) is 122 Å². The quantitative estimate of drug-likeness (QED) is 0.130. The number of fused-ring (bicyclic) bond motifs is 2. The fourth-order valence-corrected chi connectivity index (χ4v) is 9.93. The lowest BCUT2D eigenvalue weighted by Gasteiger charge is -2.41. The van der Waals surface area contributed by atoms with E-state index in [0.717, 1.165) is 89.6 Å². The average Bonchev–Trinajstić information content (AvgIpc) is 3.61. The van der Waals surface area contributed by atoms with Crippen LogP contribution in [0.25, 0.3) is 91.1 Å².